The minimum Gasteiger partial charge on any atom is -0.361 e. The summed E-state index contributed by atoms with van der Waals surface area (Å²) in [4.78, 5) is 16.4. The van der Waals surface area contributed by atoms with E-state index in [2.05, 4.69) is 9.71 Å². The number of benzene rings is 1. The second-order valence-corrected chi connectivity index (χ2v) is 9.01. The number of H-pyrrole nitrogens is 1. The van der Waals surface area contributed by atoms with E-state index >= 15 is 0 Å². The number of sulfonamides is 1. The first-order chi connectivity index (χ1) is 12.9. The number of carbonyl (C=O) groups excluding carboxylic acids is 1. The highest BCUT2D eigenvalue weighted by Crippen LogP contribution is 2.32. The number of nitrogens with zero attached hydrogens (tertiary/aromatic N) is 1. The molecular formula is C18H20ClF2N3O3S. The van der Waals surface area contributed by atoms with E-state index in [-0.39, 0.29) is 28.4 Å². The van der Waals surface area contributed by atoms with Gasteiger partial charge in [0.1, 0.15) is 4.90 Å². The number of hydrogen-bond donors (Lipinski definition) is 2. The number of likely N-dealkylation sites (tertiary alicyclic amines) is 1. The molecule has 0 saturated carbocycles. The van der Waals surface area contributed by atoms with Gasteiger partial charge in [-0.15, -0.1) is 0 Å². The fourth-order valence-electron chi connectivity index (χ4n) is 3.28. The maximum atomic E-state index is 13.5. The first kappa shape index (κ1) is 20.6. The predicted molar refractivity (Wildman–Crippen MR) is 103 cm³/mol. The lowest BCUT2D eigenvalue weighted by Crippen LogP contribution is -2.32. The Bertz CT molecular complexity index is 1050. The van der Waals surface area contributed by atoms with Gasteiger partial charge in [-0.3, -0.25) is 9.52 Å². The van der Waals surface area contributed by atoms with Crippen molar-refractivity contribution in [3.05, 3.63) is 45.7 Å². The number of anilines is 1. The average Bonchev–Trinajstić information content (AvgIpc) is 3.09. The van der Waals surface area contributed by atoms with Gasteiger partial charge in [-0.2, -0.15) is 0 Å². The SMILES string of the molecule is Cc1ccc(NS(=O)(=O)c2c(C)[nH]c(C)c2C(=O)N2CCC(F)(F)C2)cc1Cl. The van der Waals surface area contributed by atoms with Crippen molar-refractivity contribution in [2.45, 2.75) is 38.0 Å². The zero-order valence-corrected chi connectivity index (χ0v) is 17.1. The third-order valence-electron chi connectivity index (χ3n) is 4.68. The number of amides is 1. The molecule has 6 nitrogen and oxygen atoms in total. The van der Waals surface area contributed by atoms with Crippen LogP contribution in [0, 0.1) is 20.8 Å². The zero-order valence-electron chi connectivity index (χ0n) is 15.6. The predicted octanol–water partition coefficient (Wildman–Crippen LogP) is 3.88. The molecule has 10 heteroatoms. The number of aromatic nitrogens is 1. The van der Waals surface area contributed by atoms with Crippen molar-refractivity contribution in [3.8, 4) is 0 Å². The lowest BCUT2D eigenvalue weighted by molar-refractivity contribution is 0.0119. The van der Waals surface area contributed by atoms with Crippen LogP contribution in [0.5, 0.6) is 0 Å². The average molecular weight is 432 g/mol. The van der Waals surface area contributed by atoms with Crippen molar-refractivity contribution in [1.29, 1.82) is 0 Å². The molecule has 0 radical (unpaired) electrons. The number of halogens is 3. The highest BCUT2D eigenvalue weighted by Gasteiger charge is 2.42. The van der Waals surface area contributed by atoms with Crippen molar-refractivity contribution in [2.24, 2.45) is 0 Å². The van der Waals surface area contributed by atoms with E-state index in [1.54, 1.807) is 19.1 Å². The van der Waals surface area contributed by atoms with Gasteiger partial charge < -0.3 is 9.88 Å². The van der Waals surface area contributed by atoms with Crippen LogP contribution < -0.4 is 4.72 Å². The largest absolute Gasteiger partial charge is 0.361 e. The summed E-state index contributed by atoms with van der Waals surface area (Å²) in [6, 6.07) is 4.68. The quantitative estimate of drug-likeness (QED) is 0.770. The van der Waals surface area contributed by atoms with E-state index in [1.165, 1.54) is 19.9 Å². The minimum absolute atomic E-state index is 0.124. The van der Waals surface area contributed by atoms with E-state index in [0.29, 0.717) is 10.7 Å². The highest BCUT2D eigenvalue weighted by atomic mass is 35.5. The molecule has 1 fully saturated rings. The van der Waals surface area contributed by atoms with Gasteiger partial charge in [-0.25, -0.2) is 17.2 Å². The van der Waals surface area contributed by atoms with E-state index in [9.17, 15) is 22.0 Å². The molecule has 1 aromatic carbocycles. The van der Waals surface area contributed by atoms with Crippen LogP contribution in [0.1, 0.15) is 33.7 Å². The molecule has 152 valence electrons. The second kappa shape index (κ2) is 7.04. The standard InChI is InChI=1S/C18H20ClF2N3O3S/c1-10-4-5-13(8-14(10)19)23-28(26,27)16-12(3)22-11(2)15(16)17(25)24-7-6-18(20,21)9-24/h4-5,8,22-23H,6-7,9H2,1-3H3. The summed E-state index contributed by atoms with van der Waals surface area (Å²) in [6.45, 7) is 3.98. The van der Waals surface area contributed by atoms with Crippen molar-refractivity contribution < 1.29 is 22.0 Å². The van der Waals surface area contributed by atoms with Gasteiger partial charge in [0.25, 0.3) is 21.9 Å². The van der Waals surface area contributed by atoms with Crippen molar-refractivity contribution in [1.82, 2.24) is 9.88 Å². The maximum Gasteiger partial charge on any atom is 0.267 e. The minimum atomic E-state index is -4.16. The topological polar surface area (TPSA) is 82.3 Å². The van der Waals surface area contributed by atoms with Crippen molar-refractivity contribution in [2.75, 3.05) is 17.8 Å². The van der Waals surface area contributed by atoms with E-state index < -0.39 is 34.8 Å². The lowest BCUT2D eigenvalue weighted by Gasteiger charge is -2.18. The molecule has 0 unspecified atom stereocenters. The van der Waals surface area contributed by atoms with E-state index in [4.69, 9.17) is 11.6 Å². The number of alkyl halides is 2. The fraction of sp³-hybridized carbons (Fsp3) is 0.389. The lowest BCUT2D eigenvalue weighted by atomic mass is 10.2. The Morgan fingerprint density at radius 1 is 1.25 bits per heavy atom. The Balaban J connectivity index is 1.99. The third kappa shape index (κ3) is 3.86. The van der Waals surface area contributed by atoms with Crippen LogP contribution in [0.25, 0.3) is 0 Å². The van der Waals surface area contributed by atoms with Gasteiger partial charge in [-0.1, -0.05) is 17.7 Å². The molecule has 3 rings (SSSR count). The molecule has 0 bridgehead atoms. The molecule has 0 aliphatic carbocycles. The highest BCUT2D eigenvalue weighted by molar-refractivity contribution is 7.92. The molecule has 0 spiro atoms. The summed E-state index contributed by atoms with van der Waals surface area (Å²) in [5.74, 6) is -3.70. The van der Waals surface area contributed by atoms with Crippen molar-refractivity contribution in [3.63, 3.8) is 0 Å². The molecule has 28 heavy (non-hydrogen) atoms. The van der Waals surface area contributed by atoms with Crippen LogP contribution in [0.3, 0.4) is 0 Å². The Morgan fingerprint density at radius 2 is 1.93 bits per heavy atom. The monoisotopic (exact) mass is 431 g/mol. The summed E-state index contributed by atoms with van der Waals surface area (Å²) in [7, 11) is -4.16. The number of nitrogens with one attached hydrogen (secondary N) is 2. The maximum absolute atomic E-state index is 13.5. The smallest absolute Gasteiger partial charge is 0.267 e. The van der Waals surface area contributed by atoms with Gasteiger partial charge in [-0.05, 0) is 38.5 Å². The fourth-order valence-corrected chi connectivity index (χ4v) is 4.96. The molecular weight excluding hydrogens is 412 g/mol. The van der Waals surface area contributed by atoms with Crippen molar-refractivity contribution >= 4 is 33.2 Å². The molecule has 1 aromatic heterocycles. The Kier molecular flexibility index (Phi) is 5.18. The molecule has 0 atom stereocenters. The van der Waals surface area contributed by atoms with Gasteiger partial charge in [0.15, 0.2) is 0 Å². The number of aryl methyl sites for hydroxylation is 3. The molecule has 2 aromatic rings. The number of aromatic amines is 1. The number of hydrogen-bond acceptors (Lipinski definition) is 3. The second-order valence-electron chi connectivity index (χ2n) is 6.98. The summed E-state index contributed by atoms with van der Waals surface area (Å²) in [5.41, 5.74) is 1.45. The molecule has 2 N–H and O–H groups in total. The van der Waals surface area contributed by atoms with E-state index in [1.807, 2.05) is 0 Å². The summed E-state index contributed by atoms with van der Waals surface area (Å²) < 4.78 is 55.5. The number of rotatable bonds is 4. The van der Waals surface area contributed by atoms with Gasteiger partial charge in [0.2, 0.25) is 0 Å². The third-order valence-corrected chi connectivity index (χ3v) is 6.64. The Hall–Kier alpha value is -2.13. The molecule has 1 saturated heterocycles. The normalized spacial score (nSPS) is 16.4. The first-order valence-corrected chi connectivity index (χ1v) is 10.4. The molecule has 2 heterocycles. The van der Waals surface area contributed by atoms with Crippen LogP contribution in [-0.2, 0) is 10.0 Å². The molecule has 1 aliphatic rings. The van der Waals surface area contributed by atoms with Crippen LogP contribution in [0.4, 0.5) is 14.5 Å². The molecule has 1 aliphatic heterocycles. The van der Waals surface area contributed by atoms with Gasteiger partial charge in [0, 0.05) is 29.4 Å². The summed E-state index contributed by atoms with van der Waals surface area (Å²) in [6.07, 6.45) is -0.441. The van der Waals surface area contributed by atoms with Gasteiger partial charge in [0.05, 0.1) is 17.8 Å². The Morgan fingerprint density at radius 3 is 2.50 bits per heavy atom. The van der Waals surface area contributed by atoms with E-state index in [0.717, 1.165) is 10.5 Å². The van der Waals surface area contributed by atoms with Crippen LogP contribution in [-0.4, -0.2) is 43.2 Å². The Labute approximate surface area is 166 Å². The van der Waals surface area contributed by atoms with Crippen LogP contribution in [0.2, 0.25) is 5.02 Å². The summed E-state index contributed by atoms with van der Waals surface area (Å²) in [5, 5.41) is 0.387. The summed E-state index contributed by atoms with van der Waals surface area (Å²) >= 11 is 6.05. The van der Waals surface area contributed by atoms with Crippen LogP contribution >= 0.6 is 11.6 Å². The van der Waals surface area contributed by atoms with Crippen LogP contribution in [0.15, 0.2) is 23.1 Å². The van der Waals surface area contributed by atoms with Gasteiger partial charge >= 0.3 is 0 Å². The first-order valence-electron chi connectivity index (χ1n) is 8.56. The molecule has 1 amide bonds. The zero-order chi connectivity index (χ0) is 20.9. The number of carbonyl (C=O) groups is 1.